The van der Waals surface area contributed by atoms with Crippen molar-refractivity contribution in [3.63, 3.8) is 0 Å². The Morgan fingerprint density at radius 1 is 1.26 bits per heavy atom. The third-order valence-corrected chi connectivity index (χ3v) is 4.12. The molecule has 1 saturated heterocycles. The molecule has 0 radical (unpaired) electrons. The molecule has 2 aromatic heterocycles. The molecule has 0 spiro atoms. The van der Waals surface area contributed by atoms with E-state index in [-0.39, 0.29) is 23.6 Å². The van der Waals surface area contributed by atoms with E-state index in [1.54, 1.807) is 17.0 Å². The lowest BCUT2D eigenvalue weighted by Crippen LogP contribution is -2.46. The van der Waals surface area contributed by atoms with Crippen LogP contribution >= 0.6 is 15.9 Å². The minimum absolute atomic E-state index is 0.0253. The van der Waals surface area contributed by atoms with Gasteiger partial charge in [-0.3, -0.25) is 14.6 Å². The number of likely N-dealkylation sites (tertiary alicyclic amines) is 1. The highest BCUT2D eigenvalue weighted by molar-refractivity contribution is 9.10. The number of carbonyl (C=O) groups is 2. The van der Waals surface area contributed by atoms with Gasteiger partial charge in [-0.2, -0.15) is 0 Å². The summed E-state index contributed by atoms with van der Waals surface area (Å²) in [7, 11) is 0. The summed E-state index contributed by atoms with van der Waals surface area (Å²) in [5.41, 5.74) is 0.343. The molecule has 120 valence electrons. The van der Waals surface area contributed by atoms with Gasteiger partial charge in [0.1, 0.15) is 5.69 Å². The van der Waals surface area contributed by atoms with Gasteiger partial charge >= 0.3 is 0 Å². The second-order valence-electron chi connectivity index (χ2n) is 5.23. The highest BCUT2D eigenvalue weighted by atomic mass is 79.9. The summed E-state index contributed by atoms with van der Waals surface area (Å²) in [5.74, 6) is -0.0952. The van der Waals surface area contributed by atoms with Gasteiger partial charge in [-0.05, 0) is 40.9 Å². The first kappa shape index (κ1) is 15.7. The lowest BCUT2D eigenvalue weighted by molar-refractivity contribution is 0.0689. The summed E-state index contributed by atoms with van der Waals surface area (Å²) >= 11 is 3.17. The molecule has 2 aromatic rings. The van der Waals surface area contributed by atoms with E-state index in [0.717, 1.165) is 0 Å². The van der Waals surface area contributed by atoms with Gasteiger partial charge in [-0.1, -0.05) is 0 Å². The Morgan fingerprint density at radius 2 is 2.04 bits per heavy atom. The SMILES string of the molecule is O=C(NC1CCN(C(=O)c2cnccn2)CC1)c1ccc(Br)o1. The van der Waals surface area contributed by atoms with Crippen LogP contribution < -0.4 is 5.32 Å². The van der Waals surface area contributed by atoms with E-state index in [1.165, 1.54) is 18.6 Å². The third kappa shape index (κ3) is 3.76. The normalized spacial score (nSPS) is 15.4. The fourth-order valence-corrected chi connectivity index (χ4v) is 2.80. The summed E-state index contributed by atoms with van der Waals surface area (Å²) < 4.78 is 5.75. The maximum atomic E-state index is 12.3. The van der Waals surface area contributed by atoms with Gasteiger partial charge in [0, 0.05) is 31.5 Å². The van der Waals surface area contributed by atoms with Crippen molar-refractivity contribution in [2.75, 3.05) is 13.1 Å². The molecule has 0 aliphatic carbocycles. The monoisotopic (exact) mass is 378 g/mol. The molecule has 0 aromatic carbocycles. The molecule has 1 N–H and O–H groups in total. The average Bonchev–Trinajstić information content (AvgIpc) is 3.02. The number of piperidine rings is 1. The summed E-state index contributed by atoms with van der Waals surface area (Å²) in [6.45, 7) is 1.14. The predicted octanol–water partition coefficient (Wildman–Crippen LogP) is 1.87. The molecule has 3 rings (SSSR count). The number of nitrogens with one attached hydrogen (secondary N) is 1. The van der Waals surface area contributed by atoms with Crippen LogP contribution in [-0.4, -0.2) is 45.8 Å². The van der Waals surface area contributed by atoms with Gasteiger partial charge in [0.05, 0.1) is 6.20 Å². The van der Waals surface area contributed by atoms with Crippen molar-refractivity contribution in [1.82, 2.24) is 20.2 Å². The molecule has 0 atom stereocenters. The van der Waals surface area contributed by atoms with Crippen LogP contribution in [0, 0.1) is 0 Å². The molecule has 1 aliphatic rings. The van der Waals surface area contributed by atoms with Crippen molar-refractivity contribution in [2.24, 2.45) is 0 Å². The Hall–Kier alpha value is -2.22. The quantitative estimate of drug-likeness (QED) is 0.880. The number of hydrogen-bond acceptors (Lipinski definition) is 5. The molecule has 8 heteroatoms. The smallest absolute Gasteiger partial charge is 0.287 e. The van der Waals surface area contributed by atoms with Crippen LogP contribution in [0.2, 0.25) is 0 Å². The molecule has 1 aliphatic heterocycles. The molecule has 1 fully saturated rings. The van der Waals surface area contributed by atoms with E-state index in [1.807, 2.05) is 0 Å². The predicted molar refractivity (Wildman–Crippen MR) is 84.8 cm³/mol. The number of rotatable bonds is 3. The first-order valence-electron chi connectivity index (χ1n) is 7.25. The lowest BCUT2D eigenvalue weighted by atomic mass is 10.0. The third-order valence-electron chi connectivity index (χ3n) is 3.70. The minimum Gasteiger partial charge on any atom is -0.444 e. The summed E-state index contributed by atoms with van der Waals surface area (Å²) in [6, 6.07) is 3.32. The van der Waals surface area contributed by atoms with Crippen LogP contribution in [0.3, 0.4) is 0 Å². The number of amides is 2. The van der Waals surface area contributed by atoms with Gasteiger partial charge in [-0.15, -0.1) is 0 Å². The summed E-state index contributed by atoms with van der Waals surface area (Å²) in [5, 5.41) is 2.93. The van der Waals surface area contributed by atoms with Gasteiger partial charge in [0.25, 0.3) is 11.8 Å². The van der Waals surface area contributed by atoms with Crippen molar-refractivity contribution in [2.45, 2.75) is 18.9 Å². The second kappa shape index (κ2) is 6.91. The Bertz CT molecular complexity index is 696. The highest BCUT2D eigenvalue weighted by Gasteiger charge is 2.26. The van der Waals surface area contributed by atoms with Crippen LogP contribution in [0.15, 0.2) is 39.8 Å². The maximum absolute atomic E-state index is 12.3. The van der Waals surface area contributed by atoms with Crippen molar-refractivity contribution >= 4 is 27.7 Å². The molecular weight excluding hydrogens is 364 g/mol. The van der Waals surface area contributed by atoms with E-state index in [4.69, 9.17) is 4.42 Å². The Balaban J connectivity index is 1.52. The summed E-state index contributed by atoms with van der Waals surface area (Å²) in [4.78, 5) is 34.0. The minimum atomic E-state index is -0.241. The zero-order valence-corrected chi connectivity index (χ0v) is 13.8. The number of hydrogen-bond donors (Lipinski definition) is 1. The molecule has 23 heavy (non-hydrogen) atoms. The van der Waals surface area contributed by atoms with Gasteiger partial charge in [0.15, 0.2) is 10.4 Å². The molecule has 0 bridgehead atoms. The molecule has 3 heterocycles. The number of nitrogens with zero attached hydrogens (tertiary/aromatic N) is 3. The number of furan rings is 1. The molecule has 7 nitrogen and oxygen atoms in total. The van der Waals surface area contributed by atoms with Crippen LogP contribution in [-0.2, 0) is 0 Å². The first-order valence-corrected chi connectivity index (χ1v) is 8.04. The topological polar surface area (TPSA) is 88.3 Å². The van der Waals surface area contributed by atoms with Gasteiger partial charge < -0.3 is 14.6 Å². The fourth-order valence-electron chi connectivity index (χ4n) is 2.49. The Morgan fingerprint density at radius 3 is 2.65 bits per heavy atom. The van der Waals surface area contributed by atoms with E-state index in [0.29, 0.717) is 36.3 Å². The van der Waals surface area contributed by atoms with E-state index < -0.39 is 0 Å². The van der Waals surface area contributed by atoms with E-state index in [2.05, 4.69) is 31.2 Å². The van der Waals surface area contributed by atoms with E-state index >= 15 is 0 Å². The van der Waals surface area contributed by atoms with Gasteiger partial charge in [0.2, 0.25) is 0 Å². The van der Waals surface area contributed by atoms with Crippen LogP contribution in [0.25, 0.3) is 0 Å². The zero-order valence-electron chi connectivity index (χ0n) is 12.2. The van der Waals surface area contributed by atoms with Crippen molar-refractivity contribution in [3.8, 4) is 0 Å². The molecule has 2 amide bonds. The highest BCUT2D eigenvalue weighted by Crippen LogP contribution is 2.16. The summed E-state index contributed by atoms with van der Waals surface area (Å²) in [6.07, 6.45) is 5.89. The number of halogens is 1. The van der Waals surface area contributed by atoms with Crippen LogP contribution in [0.4, 0.5) is 0 Å². The number of aromatic nitrogens is 2. The molecular formula is C15H15BrN4O3. The van der Waals surface area contributed by atoms with Crippen LogP contribution in [0.1, 0.15) is 33.9 Å². The van der Waals surface area contributed by atoms with Crippen molar-refractivity contribution in [1.29, 1.82) is 0 Å². The standard InChI is InChI=1S/C15H15BrN4O3/c16-13-2-1-12(23-13)14(21)19-10-3-7-20(8-4-10)15(22)11-9-17-5-6-18-11/h1-2,5-6,9-10H,3-4,7-8H2,(H,19,21). The van der Waals surface area contributed by atoms with Crippen LogP contribution in [0.5, 0.6) is 0 Å². The second-order valence-corrected chi connectivity index (χ2v) is 6.02. The van der Waals surface area contributed by atoms with Crippen molar-refractivity contribution < 1.29 is 14.0 Å². The van der Waals surface area contributed by atoms with Gasteiger partial charge in [-0.25, -0.2) is 4.98 Å². The fraction of sp³-hybridized carbons (Fsp3) is 0.333. The largest absolute Gasteiger partial charge is 0.444 e. The average molecular weight is 379 g/mol. The molecule has 0 unspecified atom stereocenters. The Kier molecular flexibility index (Phi) is 4.71. The number of carbonyl (C=O) groups excluding carboxylic acids is 2. The Labute approximate surface area is 141 Å². The van der Waals surface area contributed by atoms with Crippen molar-refractivity contribution in [3.05, 3.63) is 46.8 Å². The first-order chi connectivity index (χ1) is 11.1. The maximum Gasteiger partial charge on any atom is 0.287 e. The van der Waals surface area contributed by atoms with E-state index in [9.17, 15) is 9.59 Å². The zero-order chi connectivity index (χ0) is 16.2. The lowest BCUT2D eigenvalue weighted by Gasteiger charge is -2.31. The molecule has 0 saturated carbocycles.